The number of halogens is 1. The molecule has 0 bridgehead atoms. The summed E-state index contributed by atoms with van der Waals surface area (Å²) in [6.07, 6.45) is 1.59. The molecule has 7 aromatic rings. The van der Waals surface area contributed by atoms with Crippen molar-refractivity contribution in [2.24, 2.45) is 0 Å². The van der Waals surface area contributed by atoms with Gasteiger partial charge in [-0.05, 0) is 36.4 Å². The van der Waals surface area contributed by atoms with E-state index in [0.29, 0.717) is 16.6 Å². The van der Waals surface area contributed by atoms with E-state index >= 15 is 4.39 Å². The van der Waals surface area contributed by atoms with Gasteiger partial charge in [0.2, 0.25) is 0 Å². The van der Waals surface area contributed by atoms with E-state index in [-0.39, 0.29) is 49.6 Å². The minimum absolute atomic E-state index is 0.0153. The first kappa shape index (κ1) is 13.1. The minimum atomic E-state index is -0.781. The van der Waals surface area contributed by atoms with Gasteiger partial charge in [-0.15, -0.1) is 0 Å². The van der Waals surface area contributed by atoms with Crippen molar-refractivity contribution < 1.29 is 19.8 Å². The molecule has 0 fully saturated rings. The Bertz CT molecular complexity index is 2330. The number of hydrogen-bond acceptors (Lipinski definition) is 3. The maximum Gasteiger partial charge on any atom is 0.163 e. The van der Waals surface area contributed by atoms with E-state index in [1.807, 2.05) is 6.07 Å². The molecule has 0 atom stereocenters. The Hall–Kier alpha value is -4.95. The van der Waals surface area contributed by atoms with Crippen LogP contribution in [0.1, 0.15) is 16.5 Å². The summed E-state index contributed by atoms with van der Waals surface area (Å²) in [5, 5.41) is 10.2. The third kappa shape index (κ3) is 2.68. The molecule has 0 spiro atoms. The fourth-order valence-electron chi connectivity index (χ4n) is 4.59. The molecular weight excluding hydrogens is 437 g/mol. The van der Waals surface area contributed by atoms with E-state index in [2.05, 4.69) is 4.98 Å². The highest BCUT2D eigenvalue weighted by atomic mass is 19.1. The van der Waals surface area contributed by atoms with Gasteiger partial charge in [0, 0.05) is 27.9 Å². The zero-order chi connectivity index (χ0) is 30.5. The van der Waals surface area contributed by atoms with Gasteiger partial charge in [0.1, 0.15) is 23.2 Å². The molecule has 3 aromatic heterocycles. The van der Waals surface area contributed by atoms with Crippen LogP contribution in [0.4, 0.5) is 4.39 Å². The van der Waals surface area contributed by atoms with Gasteiger partial charge in [-0.2, -0.15) is 5.26 Å². The van der Waals surface area contributed by atoms with Crippen molar-refractivity contribution in [3.8, 4) is 23.0 Å². The third-order valence-corrected chi connectivity index (χ3v) is 6.01. The molecule has 4 aromatic carbocycles. The number of hydrogen-bond donors (Lipinski definition) is 0. The van der Waals surface area contributed by atoms with Crippen molar-refractivity contribution in [3.05, 3.63) is 108 Å². The molecule has 0 aliphatic carbocycles. The van der Waals surface area contributed by atoms with Gasteiger partial charge in [-0.25, -0.2) is 4.39 Å². The number of nitrogens with zero attached hydrogens (tertiary/aromatic N) is 3. The second kappa shape index (κ2) is 7.28. The zero-order valence-corrected chi connectivity index (χ0v) is 17.7. The minimum Gasteiger partial charge on any atom is -0.453 e. The number of para-hydroxylation sites is 3. The monoisotopic (exact) mass is 461 g/mol. The van der Waals surface area contributed by atoms with E-state index in [0.717, 1.165) is 6.07 Å². The van der Waals surface area contributed by atoms with Crippen LogP contribution in [0, 0.1) is 17.1 Å². The number of rotatable bonds is 2. The van der Waals surface area contributed by atoms with Crippen molar-refractivity contribution >= 4 is 43.7 Å². The molecule has 0 aliphatic heterocycles. The molecule has 7 rings (SSSR count). The van der Waals surface area contributed by atoms with Crippen LogP contribution in [0.3, 0.4) is 0 Å². The Morgan fingerprint density at radius 1 is 0.886 bits per heavy atom. The predicted molar refractivity (Wildman–Crippen MR) is 136 cm³/mol. The number of pyridine rings is 1. The Labute approximate surface area is 210 Å². The summed E-state index contributed by atoms with van der Waals surface area (Å²) in [6, 6.07) is 8.70. The molecule has 4 nitrogen and oxygen atoms in total. The number of fused-ring (bicyclic) bond motifs is 6. The topological polar surface area (TPSA) is 54.8 Å². The van der Waals surface area contributed by atoms with E-state index < -0.39 is 54.2 Å². The van der Waals surface area contributed by atoms with Crippen LogP contribution in [0.5, 0.6) is 0 Å². The second-order valence-corrected chi connectivity index (χ2v) is 7.85. The van der Waals surface area contributed by atoms with Crippen LogP contribution in [0.2, 0.25) is 0 Å². The maximum atomic E-state index is 15.8. The zero-order valence-electron chi connectivity index (χ0n) is 25.7. The molecule has 0 amide bonds. The van der Waals surface area contributed by atoms with Gasteiger partial charge in [-0.3, -0.25) is 4.98 Å². The molecule has 3 heterocycles. The van der Waals surface area contributed by atoms with Crippen molar-refractivity contribution in [3.63, 3.8) is 0 Å². The largest absolute Gasteiger partial charge is 0.453 e. The van der Waals surface area contributed by atoms with Gasteiger partial charge in [-0.1, -0.05) is 54.5 Å². The SMILES string of the molecule is [2H]c1c([2H])c([2H])c2c(c1[2H])c1c([2H])c([2H])c([2H])c([2H])c1n2-c1c(C#N)cc(F)c2c1oc1c(-c3ccccn3)cccc12. The molecule has 0 N–H and O–H groups in total. The molecule has 164 valence electrons. The first-order valence-electron chi connectivity index (χ1n) is 14.6. The molecule has 0 aliphatic rings. The van der Waals surface area contributed by atoms with Crippen molar-refractivity contribution in [1.82, 2.24) is 9.55 Å². The predicted octanol–water partition coefficient (Wildman–Crippen LogP) is 7.76. The Kier molecular flexibility index (Phi) is 2.72. The lowest BCUT2D eigenvalue weighted by Crippen LogP contribution is -1.99. The normalized spacial score (nSPS) is 14.7. The Morgan fingerprint density at radius 3 is 2.31 bits per heavy atom. The van der Waals surface area contributed by atoms with E-state index in [1.165, 1.54) is 4.57 Å². The summed E-state index contributed by atoms with van der Waals surface area (Å²) >= 11 is 0. The average Bonchev–Trinajstić information content (AvgIpc) is 3.58. The lowest BCUT2D eigenvalue weighted by molar-refractivity contribution is 0.632. The lowest BCUT2D eigenvalue weighted by atomic mass is 10.0. The smallest absolute Gasteiger partial charge is 0.163 e. The van der Waals surface area contributed by atoms with Gasteiger partial charge in [0.25, 0.3) is 0 Å². The fourth-order valence-corrected chi connectivity index (χ4v) is 4.59. The summed E-state index contributed by atoms with van der Waals surface area (Å²) in [4.78, 5) is 4.38. The first-order chi connectivity index (χ1) is 20.6. The number of aromatic nitrogens is 2. The van der Waals surface area contributed by atoms with E-state index in [9.17, 15) is 5.26 Å². The summed E-state index contributed by atoms with van der Waals surface area (Å²) in [6.45, 7) is 0. The van der Waals surface area contributed by atoms with Crippen LogP contribution in [-0.2, 0) is 0 Å². The van der Waals surface area contributed by atoms with Crippen LogP contribution in [-0.4, -0.2) is 9.55 Å². The number of nitriles is 1. The first-order valence-corrected chi connectivity index (χ1v) is 10.6. The molecule has 0 saturated carbocycles. The highest BCUT2D eigenvalue weighted by molar-refractivity contribution is 6.15. The van der Waals surface area contributed by atoms with E-state index in [1.54, 1.807) is 42.6 Å². The fraction of sp³-hybridized carbons (Fsp3) is 0. The highest BCUT2D eigenvalue weighted by Crippen LogP contribution is 2.42. The molecule has 0 saturated heterocycles. The quantitative estimate of drug-likeness (QED) is 0.264. The van der Waals surface area contributed by atoms with E-state index in [4.69, 9.17) is 15.4 Å². The molecule has 5 heteroatoms. The van der Waals surface area contributed by atoms with Gasteiger partial charge in [0.15, 0.2) is 5.58 Å². The van der Waals surface area contributed by atoms with Crippen LogP contribution in [0.15, 0.2) is 101 Å². The van der Waals surface area contributed by atoms with Gasteiger partial charge < -0.3 is 8.98 Å². The second-order valence-electron chi connectivity index (χ2n) is 7.85. The van der Waals surface area contributed by atoms with Gasteiger partial charge in [0.05, 0.1) is 38.6 Å². The van der Waals surface area contributed by atoms with Crippen molar-refractivity contribution in [2.75, 3.05) is 0 Å². The van der Waals surface area contributed by atoms with Crippen LogP contribution >= 0.6 is 0 Å². The molecule has 35 heavy (non-hydrogen) atoms. The molecule has 0 radical (unpaired) electrons. The molecular formula is C30H16FN3O. The maximum absolute atomic E-state index is 15.8. The number of furan rings is 1. The standard InChI is InChI=1S/C30H16FN3O/c31-23-16-18(17-32)28(34-25-13-3-1-8-19(25)20-9-2-4-14-26(20)34)30-27(23)22-11-7-10-21(29(22)35-30)24-12-5-6-15-33-24/h1-16H/i1D,2D,3D,4D,8D,9D,13D,14D. The summed E-state index contributed by atoms with van der Waals surface area (Å²) in [5.41, 5.74) is 0.355. The van der Waals surface area contributed by atoms with Crippen molar-refractivity contribution in [2.45, 2.75) is 0 Å². The number of benzene rings is 4. The summed E-state index contributed by atoms with van der Waals surface area (Å²) < 4.78 is 91.5. The third-order valence-electron chi connectivity index (χ3n) is 6.01. The van der Waals surface area contributed by atoms with Crippen LogP contribution in [0.25, 0.3) is 60.7 Å². The average molecular weight is 462 g/mol. The Balaban J connectivity index is 1.79. The Morgan fingerprint density at radius 2 is 1.63 bits per heavy atom. The highest BCUT2D eigenvalue weighted by Gasteiger charge is 2.24. The molecule has 0 unspecified atom stereocenters. The summed E-state index contributed by atoms with van der Waals surface area (Å²) in [7, 11) is 0. The van der Waals surface area contributed by atoms with Crippen LogP contribution < -0.4 is 0 Å². The summed E-state index contributed by atoms with van der Waals surface area (Å²) in [5.74, 6) is -0.781. The lowest BCUT2D eigenvalue weighted by Gasteiger charge is -2.11. The van der Waals surface area contributed by atoms with Crippen molar-refractivity contribution in [1.29, 1.82) is 5.26 Å². The van der Waals surface area contributed by atoms with Gasteiger partial charge >= 0.3 is 0 Å².